The monoisotopic (exact) mass is 326 g/mol. The van der Waals surface area contributed by atoms with E-state index in [1.807, 2.05) is 0 Å². The summed E-state index contributed by atoms with van der Waals surface area (Å²) in [4.78, 5) is 30.4. The molecule has 6 nitrogen and oxygen atoms in total. The second-order valence-electron chi connectivity index (χ2n) is 4.52. The minimum absolute atomic E-state index is 0.284. The van der Waals surface area contributed by atoms with Crippen LogP contribution < -0.4 is 0 Å². The van der Waals surface area contributed by atoms with Crippen LogP contribution >= 0.6 is 0 Å². The standard InChI is InChI=1S/C10H14O4.C5H8O2.C2H4/c1-7(9(11)12)5-3-4-6-8(2)10(13)14;1-4(2)3-5(6)7;1-2/h5-6H,3-4H2,1-2H3,(H,11,12)(H,13,14);3H,1-2H3,(H,6,7);1-2H2. The van der Waals surface area contributed by atoms with Gasteiger partial charge >= 0.3 is 17.9 Å². The fourth-order valence-corrected chi connectivity index (χ4v) is 1.02. The van der Waals surface area contributed by atoms with Crippen molar-refractivity contribution in [2.75, 3.05) is 0 Å². The number of rotatable bonds is 6. The fraction of sp³-hybridized carbons (Fsp3) is 0.353. The molecule has 0 bridgehead atoms. The van der Waals surface area contributed by atoms with Crippen molar-refractivity contribution < 1.29 is 29.7 Å². The molecule has 0 atom stereocenters. The summed E-state index contributed by atoms with van der Waals surface area (Å²) in [5.41, 5.74) is 1.38. The van der Waals surface area contributed by atoms with Crippen LogP contribution in [0.1, 0.15) is 40.5 Å². The van der Waals surface area contributed by atoms with Gasteiger partial charge in [-0.1, -0.05) is 17.7 Å². The smallest absolute Gasteiger partial charge is 0.330 e. The normalized spacial score (nSPS) is 10.3. The Morgan fingerprint density at radius 1 is 0.783 bits per heavy atom. The number of carboxylic acids is 3. The predicted molar refractivity (Wildman–Crippen MR) is 90.3 cm³/mol. The van der Waals surface area contributed by atoms with Crippen molar-refractivity contribution in [3.8, 4) is 0 Å². The predicted octanol–water partition coefficient (Wildman–Crippen LogP) is 3.67. The number of carboxylic acid groups (broad SMARTS) is 3. The molecule has 0 radical (unpaired) electrons. The molecule has 6 heteroatoms. The van der Waals surface area contributed by atoms with Crippen molar-refractivity contribution >= 4 is 17.9 Å². The Labute approximate surface area is 137 Å². The van der Waals surface area contributed by atoms with Crippen LogP contribution in [0, 0.1) is 0 Å². The zero-order chi connectivity index (χ0) is 19.0. The van der Waals surface area contributed by atoms with Crippen molar-refractivity contribution in [1.82, 2.24) is 0 Å². The largest absolute Gasteiger partial charge is 0.478 e. The summed E-state index contributed by atoms with van der Waals surface area (Å²) >= 11 is 0. The van der Waals surface area contributed by atoms with Gasteiger partial charge in [0.2, 0.25) is 0 Å². The number of carbonyl (C=O) groups is 3. The minimum Gasteiger partial charge on any atom is -0.478 e. The van der Waals surface area contributed by atoms with Gasteiger partial charge in [-0.25, -0.2) is 14.4 Å². The number of unbranched alkanes of at least 4 members (excludes halogenated alkanes) is 1. The molecule has 0 heterocycles. The third-order valence-electron chi connectivity index (χ3n) is 2.15. The first-order valence-corrected chi connectivity index (χ1v) is 6.75. The summed E-state index contributed by atoms with van der Waals surface area (Å²) in [5.74, 6) is -2.76. The first-order chi connectivity index (χ1) is 10.6. The lowest BCUT2D eigenvalue weighted by atomic mass is 10.1. The zero-order valence-electron chi connectivity index (χ0n) is 14.1. The Balaban J connectivity index is -0.000000373. The van der Waals surface area contributed by atoms with Gasteiger partial charge in [0.25, 0.3) is 0 Å². The van der Waals surface area contributed by atoms with Crippen LogP contribution in [0.2, 0.25) is 0 Å². The third-order valence-corrected chi connectivity index (χ3v) is 2.15. The van der Waals surface area contributed by atoms with Gasteiger partial charge in [-0.05, 0) is 40.5 Å². The molecular formula is C17H26O6. The third kappa shape index (κ3) is 21.8. The first kappa shape index (κ1) is 25.3. The lowest BCUT2D eigenvalue weighted by Gasteiger charge is -1.93. The fourth-order valence-electron chi connectivity index (χ4n) is 1.02. The first-order valence-electron chi connectivity index (χ1n) is 6.75. The van der Waals surface area contributed by atoms with Gasteiger partial charge in [-0.3, -0.25) is 0 Å². The molecule has 0 aliphatic heterocycles. The van der Waals surface area contributed by atoms with Crippen LogP contribution in [-0.4, -0.2) is 33.2 Å². The summed E-state index contributed by atoms with van der Waals surface area (Å²) < 4.78 is 0. The highest BCUT2D eigenvalue weighted by atomic mass is 16.4. The molecule has 0 rings (SSSR count). The Morgan fingerprint density at radius 3 is 1.22 bits per heavy atom. The number of allylic oxidation sites excluding steroid dienone is 3. The molecular weight excluding hydrogens is 300 g/mol. The maximum absolute atomic E-state index is 10.4. The highest BCUT2D eigenvalue weighted by Crippen LogP contribution is 2.02. The lowest BCUT2D eigenvalue weighted by Crippen LogP contribution is -1.96. The van der Waals surface area contributed by atoms with Crippen LogP contribution in [0.4, 0.5) is 0 Å². The Hall–Kier alpha value is -2.63. The topological polar surface area (TPSA) is 112 Å². The van der Waals surface area contributed by atoms with Gasteiger partial charge in [0.1, 0.15) is 0 Å². The average Bonchev–Trinajstić information content (AvgIpc) is 2.44. The van der Waals surface area contributed by atoms with E-state index in [4.69, 9.17) is 15.3 Å². The van der Waals surface area contributed by atoms with Crippen molar-refractivity contribution in [2.45, 2.75) is 40.5 Å². The van der Waals surface area contributed by atoms with E-state index in [-0.39, 0.29) is 11.1 Å². The molecule has 0 amide bonds. The molecule has 0 saturated carbocycles. The van der Waals surface area contributed by atoms with Gasteiger partial charge < -0.3 is 15.3 Å². The van der Waals surface area contributed by atoms with Crippen LogP contribution in [0.25, 0.3) is 0 Å². The van der Waals surface area contributed by atoms with E-state index in [2.05, 4.69) is 13.2 Å². The van der Waals surface area contributed by atoms with E-state index in [1.165, 1.54) is 19.9 Å². The number of hydrogen-bond donors (Lipinski definition) is 3. The lowest BCUT2D eigenvalue weighted by molar-refractivity contribution is -0.133. The van der Waals surface area contributed by atoms with Crippen LogP contribution in [-0.2, 0) is 14.4 Å². The average molecular weight is 326 g/mol. The molecule has 23 heavy (non-hydrogen) atoms. The quantitative estimate of drug-likeness (QED) is 0.390. The molecule has 130 valence electrons. The maximum Gasteiger partial charge on any atom is 0.330 e. The highest BCUT2D eigenvalue weighted by molar-refractivity contribution is 5.86. The van der Waals surface area contributed by atoms with Crippen molar-refractivity contribution in [3.05, 3.63) is 48.1 Å². The van der Waals surface area contributed by atoms with Crippen molar-refractivity contribution in [3.63, 3.8) is 0 Å². The van der Waals surface area contributed by atoms with Gasteiger partial charge in [0.05, 0.1) is 0 Å². The minimum atomic E-state index is -0.941. The van der Waals surface area contributed by atoms with E-state index < -0.39 is 17.9 Å². The van der Waals surface area contributed by atoms with Gasteiger partial charge in [0, 0.05) is 17.2 Å². The highest BCUT2D eigenvalue weighted by Gasteiger charge is 1.99. The van der Waals surface area contributed by atoms with Crippen LogP contribution in [0.3, 0.4) is 0 Å². The molecule has 0 spiro atoms. The zero-order valence-corrected chi connectivity index (χ0v) is 14.1. The molecule has 0 saturated heterocycles. The summed E-state index contributed by atoms with van der Waals surface area (Å²) in [6, 6.07) is 0. The summed E-state index contributed by atoms with van der Waals surface area (Å²) in [6.07, 6.45) is 5.41. The van der Waals surface area contributed by atoms with Crippen LogP contribution in [0.5, 0.6) is 0 Å². The Kier molecular flexibility index (Phi) is 17.3. The second-order valence-corrected chi connectivity index (χ2v) is 4.52. The molecule has 3 N–H and O–H groups in total. The molecule has 0 aromatic rings. The van der Waals surface area contributed by atoms with E-state index in [0.29, 0.717) is 12.8 Å². The van der Waals surface area contributed by atoms with Gasteiger partial charge in [-0.2, -0.15) is 0 Å². The van der Waals surface area contributed by atoms with Gasteiger partial charge in [-0.15, -0.1) is 13.2 Å². The number of aliphatic carboxylic acids is 3. The van der Waals surface area contributed by atoms with Crippen molar-refractivity contribution in [2.24, 2.45) is 0 Å². The van der Waals surface area contributed by atoms with E-state index >= 15 is 0 Å². The van der Waals surface area contributed by atoms with Crippen molar-refractivity contribution in [1.29, 1.82) is 0 Å². The molecule has 0 aliphatic rings. The molecule has 0 aliphatic carbocycles. The maximum atomic E-state index is 10.4. The molecule has 0 fully saturated rings. The number of hydrogen-bond acceptors (Lipinski definition) is 3. The van der Waals surface area contributed by atoms with E-state index in [9.17, 15) is 14.4 Å². The molecule has 0 aromatic carbocycles. The molecule has 0 unspecified atom stereocenters. The summed E-state index contributed by atoms with van der Waals surface area (Å²) in [7, 11) is 0. The SMILES string of the molecule is C=C.CC(=CCCC=C(C)C(=O)O)C(=O)O.CC(C)=CC(=O)O. The van der Waals surface area contributed by atoms with Crippen LogP contribution in [0.15, 0.2) is 48.1 Å². The van der Waals surface area contributed by atoms with E-state index in [1.54, 1.807) is 26.0 Å². The second kappa shape index (κ2) is 15.8. The Morgan fingerprint density at radius 2 is 1.09 bits per heavy atom. The Bertz CT molecular complexity index is 449. The van der Waals surface area contributed by atoms with E-state index in [0.717, 1.165) is 5.57 Å². The summed E-state index contributed by atoms with van der Waals surface area (Å²) in [5, 5.41) is 25.0. The molecule has 0 aromatic heterocycles. The van der Waals surface area contributed by atoms with Gasteiger partial charge in [0.15, 0.2) is 0 Å². The summed E-state index contributed by atoms with van der Waals surface area (Å²) in [6.45, 7) is 12.5.